The highest BCUT2D eigenvalue weighted by atomic mass is 32.1. The van der Waals surface area contributed by atoms with Crippen LogP contribution in [0.25, 0.3) is 0 Å². The molecule has 1 rings (SSSR count). The summed E-state index contributed by atoms with van der Waals surface area (Å²) >= 11 is 4.38. The molecule has 2 N–H and O–H groups in total. The monoisotopic (exact) mass is 315 g/mol. The van der Waals surface area contributed by atoms with Gasteiger partial charge in [-0.1, -0.05) is 26.7 Å². The van der Waals surface area contributed by atoms with Crippen LogP contribution < -0.4 is 0 Å². The van der Waals surface area contributed by atoms with Gasteiger partial charge in [-0.2, -0.15) is 12.6 Å². The van der Waals surface area contributed by atoms with Gasteiger partial charge in [0.1, 0.15) is 6.04 Å². The molecule has 0 saturated heterocycles. The standard InChI is InChI=1S/C15H25NO4S/c1-4-5-6-12(15(19)20)16-13(18)7-11(10(3)21)14(16)9(2)8-17/h7,9-10,12,14,17,21H,4-6,8H2,1-3H3,(H,19,20). The molecule has 4 atom stereocenters. The Labute approximate surface area is 131 Å². The average Bonchev–Trinajstić information content (AvgIpc) is 2.76. The van der Waals surface area contributed by atoms with Crippen LogP contribution in [-0.2, 0) is 9.59 Å². The van der Waals surface area contributed by atoms with Crippen LogP contribution in [0.4, 0.5) is 0 Å². The normalized spacial score (nSPS) is 22.9. The minimum atomic E-state index is -0.992. The van der Waals surface area contributed by atoms with E-state index in [0.717, 1.165) is 18.4 Å². The van der Waals surface area contributed by atoms with Crippen molar-refractivity contribution in [3.05, 3.63) is 11.6 Å². The second kappa shape index (κ2) is 7.84. The van der Waals surface area contributed by atoms with Crippen molar-refractivity contribution >= 4 is 24.5 Å². The van der Waals surface area contributed by atoms with Gasteiger partial charge < -0.3 is 15.1 Å². The highest BCUT2D eigenvalue weighted by molar-refractivity contribution is 7.81. The molecule has 0 aromatic carbocycles. The molecule has 1 amide bonds. The van der Waals surface area contributed by atoms with Crippen LogP contribution in [0, 0.1) is 5.92 Å². The summed E-state index contributed by atoms with van der Waals surface area (Å²) in [6.45, 7) is 5.55. The van der Waals surface area contributed by atoms with Gasteiger partial charge in [0.2, 0.25) is 5.91 Å². The van der Waals surface area contributed by atoms with Crippen LogP contribution in [0.3, 0.4) is 0 Å². The van der Waals surface area contributed by atoms with Gasteiger partial charge in [0.05, 0.1) is 6.04 Å². The van der Waals surface area contributed by atoms with Crippen molar-refractivity contribution in [1.29, 1.82) is 0 Å². The summed E-state index contributed by atoms with van der Waals surface area (Å²) in [6.07, 6.45) is 3.52. The van der Waals surface area contributed by atoms with Gasteiger partial charge in [0.25, 0.3) is 0 Å². The maximum atomic E-state index is 12.3. The number of aliphatic hydroxyl groups excluding tert-OH is 1. The fourth-order valence-corrected chi connectivity index (χ4v) is 3.02. The van der Waals surface area contributed by atoms with E-state index in [1.165, 1.54) is 11.0 Å². The number of aliphatic carboxylic acids is 1. The molecule has 4 unspecified atom stereocenters. The highest BCUT2D eigenvalue weighted by Crippen LogP contribution is 2.33. The molecular formula is C15H25NO4S. The lowest BCUT2D eigenvalue weighted by atomic mass is 9.92. The van der Waals surface area contributed by atoms with Crippen LogP contribution in [0.5, 0.6) is 0 Å². The number of rotatable bonds is 8. The van der Waals surface area contributed by atoms with Crippen molar-refractivity contribution in [2.45, 2.75) is 57.4 Å². The molecule has 0 fully saturated rings. The van der Waals surface area contributed by atoms with Gasteiger partial charge in [-0.3, -0.25) is 4.79 Å². The third kappa shape index (κ3) is 4.01. The summed E-state index contributed by atoms with van der Waals surface area (Å²) in [7, 11) is 0. The molecule has 1 aliphatic rings. The molecule has 0 radical (unpaired) electrons. The Hall–Kier alpha value is -1.01. The largest absolute Gasteiger partial charge is 0.480 e. The fourth-order valence-electron chi connectivity index (χ4n) is 2.80. The molecule has 0 spiro atoms. The number of aliphatic hydroxyl groups is 1. The Morgan fingerprint density at radius 3 is 2.52 bits per heavy atom. The smallest absolute Gasteiger partial charge is 0.326 e. The summed E-state index contributed by atoms with van der Waals surface area (Å²) < 4.78 is 0. The number of unbranched alkanes of at least 4 members (excludes halogenated alkanes) is 1. The van der Waals surface area contributed by atoms with E-state index >= 15 is 0 Å². The van der Waals surface area contributed by atoms with Crippen molar-refractivity contribution in [3.8, 4) is 0 Å². The third-order valence-corrected chi connectivity index (χ3v) is 4.25. The predicted octanol–water partition coefficient (Wildman–Crippen LogP) is 1.71. The van der Waals surface area contributed by atoms with E-state index < -0.39 is 18.1 Å². The second-order valence-electron chi connectivity index (χ2n) is 5.67. The van der Waals surface area contributed by atoms with E-state index in [2.05, 4.69) is 12.6 Å². The van der Waals surface area contributed by atoms with Crippen molar-refractivity contribution in [2.24, 2.45) is 5.92 Å². The number of amides is 1. The quantitative estimate of drug-likeness (QED) is 0.596. The molecule has 21 heavy (non-hydrogen) atoms. The summed E-state index contributed by atoms with van der Waals surface area (Å²) in [5.41, 5.74) is 0.785. The number of carboxylic acid groups (broad SMARTS) is 1. The maximum Gasteiger partial charge on any atom is 0.326 e. The summed E-state index contributed by atoms with van der Waals surface area (Å²) in [5.74, 6) is -1.51. The molecule has 0 saturated carbocycles. The predicted molar refractivity (Wildman–Crippen MR) is 84.4 cm³/mol. The number of hydrogen-bond donors (Lipinski definition) is 3. The number of carbonyl (C=O) groups is 2. The van der Waals surface area contributed by atoms with Crippen molar-refractivity contribution < 1.29 is 19.8 Å². The fraction of sp³-hybridized carbons (Fsp3) is 0.733. The van der Waals surface area contributed by atoms with Crippen LogP contribution in [-0.4, -0.2) is 50.9 Å². The molecule has 120 valence electrons. The van der Waals surface area contributed by atoms with Crippen molar-refractivity contribution in [1.82, 2.24) is 4.90 Å². The lowest BCUT2D eigenvalue weighted by Gasteiger charge is -2.36. The first-order chi connectivity index (χ1) is 9.84. The van der Waals surface area contributed by atoms with Gasteiger partial charge in [-0.05, 0) is 18.9 Å². The summed E-state index contributed by atoms with van der Waals surface area (Å²) in [5, 5.41) is 18.8. The topological polar surface area (TPSA) is 77.8 Å². The lowest BCUT2D eigenvalue weighted by Crippen LogP contribution is -2.51. The van der Waals surface area contributed by atoms with Crippen molar-refractivity contribution in [2.75, 3.05) is 6.61 Å². The van der Waals surface area contributed by atoms with E-state index in [-0.39, 0.29) is 23.7 Å². The zero-order chi connectivity index (χ0) is 16.2. The number of hydrogen-bond acceptors (Lipinski definition) is 4. The molecule has 6 heteroatoms. The van der Waals surface area contributed by atoms with Crippen LogP contribution in [0.1, 0.15) is 40.0 Å². The molecule has 1 aliphatic heterocycles. The van der Waals surface area contributed by atoms with Gasteiger partial charge in [0.15, 0.2) is 0 Å². The minimum absolute atomic E-state index is 0.105. The average molecular weight is 315 g/mol. The highest BCUT2D eigenvalue weighted by Gasteiger charge is 2.43. The van der Waals surface area contributed by atoms with E-state index in [1.54, 1.807) is 0 Å². The SMILES string of the molecule is CCCCC(C(=O)O)N1C(=O)C=C(C(C)S)C1C(C)CO. The number of carbonyl (C=O) groups excluding carboxylic acids is 1. The second-order valence-corrected chi connectivity index (χ2v) is 6.44. The van der Waals surface area contributed by atoms with E-state index in [9.17, 15) is 19.8 Å². The summed E-state index contributed by atoms with van der Waals surface area (Å²) in [4.78, 5) is 25.3. The first-order valence-electron chi connectivity index (χ1n) is 7.40. The number of thiol groups is 1. The first-order valence-corrected chi connectivity index (χ1v) is 7.92. The minimum Gasteiger partial charge on any atom is -0.480 e. The molecular weight excluding hydrogens is 290 g/mol. The molecule has 0 aromatic rings. The van der Waals surface area contributed by atoms with Crippen LogP contribution in [0.2, 0.25) is 0 Å². The maximum absolute atomic E-state index is 12.3. The molecule has 0 aliphatic carbocycles. The van der Waals surface area contributed by atoms with E-state index in [0.29, 0.717) is 6.42 Å². The van der Waals surface area contributed by atoms with E-state index in [4.69, 9.17) is 0 Å². The van der Waals surface area contributed by atoms with Crippen molar-refractivity contribution in [3.63, 3.8) is 0 Å². The first kappa shape index (κ1) is 18.0. The Morgan fingerprint density at radius 1 is 1.48 bits per heavy atom. The third-order valence-electron chi connectivity index (χ3n) is 3.95. The van der Waals surface area contributed by atoms with Crippen LogP contribution in [0.15, 0.2) is 11.6 Å². The lowest BCUT2D eigenvalue weighted by molar-refractivity contribution is -0.150. The summed E-state index contributed by atoms with van der Waals surface area (Å²) in [6, 6.07) is -1.25. The molecule has 1 heterocycles. The Balaban J connectivity index is 3.12. The van der Waals surface area contributed by atoms with Crippen LogP contribution >= 0.6 is 12.6 Å². The molecule has 5 nitrogen and oxygen atoms in total. The van der Waals surface area contributed by atoms with Gasteiger partial charge in [0, 0.05) is 23.9 Å². The van der Waals surface area contributed by atoms with Gasteiger partial charge in [-0.25, -0.2) is 4.79 Å². The number of nitrogens with zero attached hydrogens (tertiary/aromatic N) is 1. The Morgan fingerprint density at radius 2 is 2.10 bits per heavy atom. The van der Waals surface area contributed by atoms with Gasteiger partial charge >= 0.3 is 5.97 Å². The Bertz CT molecular complexity index is 422. The van der Waals surface area contributed by atoms with E-state index in [1.807, 2.05) is 20.8 Å². The van der Waals surface area contributed by atoms with Gasteiger partial charge in [-0.15, -0.1) is 0 Å². The zero-order valence-electron chi connectivity index (χ0n) is 12.8. The number of carboxylic acids is 1. The zero-order valence-corrected chi connectivity index (χ0v) is 13.7. The molecule has 0 aromatic heterocycles. The Kier molecular flexibility index (Phi) is 6.74. The molecule has 0 bridgehead atoms.